The zero-order chi connectivity index (χ0) is 9.10. The topological polar surface area (TPSA) is 12.5 Å². The van der Waals surface area contributed by atoms with Crippen molar-refractivity contribution in [2.45, 2.75) is 25.4 Å². The monoisotopic (exact) mass is 180 g/mol. The van der Waals surface area contributed by atoms with Crippen LogP contribution in [0.1, 0.15) is 18.4 Å². The molecule has 1 aromatic carbocycles. The smallest absolute Gasteiger partial charge is 0.123 e. The summed E-state index contributed by atoms with van der Waals surface area (Å²) in [6, 6.07) is 6.73. The Labute approximate surface area is 77.5 Å². The first kappa shape index (κ1) is 8.70. The number of ether oxygens (including phenoxy) is 1. The molecule has 70 valence electrons. The van der Waals surface area contributed by atoms with Crippen molar-refractivity contribution in [3.8, 4) is 0 Å². The fraction of sp³-hybridized carbons (Fsp3) is 0.455. The van der Waals surface area contributed by atoms with Crippen molar-refractivity contribution in [3.63, 3.8) is 0 Å². The van der Waals surface area contributed by atoms with Crippen molar-refractivity contribution in [1.29, 1.82) is 0 Å². The molecule has 1 nitrogen and oxygen atoms in total. The number of aryl methyl sites for hydroxylation is 1. The summed E-state index contributed by atoms with van der Waals surface area (Å²) < 4.78 is 17.6. The van der Waals surface area contributed by atoms with Crippen LogP contribution < -0.4 is 0 Å². The summed E-state index contributed by atoms with van der Waals surface area (Å²) in [4.78, 5) is 0. The molecule has 1 aromatic rings. The van der Waals surface area contributed by atoms with E-state index in [9.17, 15) is 4.39 Å². The van der Waals surface area contributed by atoms with E-state index in [-0.39, 0.29) is 5.82 Å². The van der Waals surface area contributed by atoms with Gasteiger partial charge in [0, 0.05) is 0 Å². The van der Waals surface area contributed by atoms with Gasteiger partial charge in [-0.15, -0.1) is 0 Å². The van der Waals surface area contributed by atoms with Crippen LogP contribution in [0.3, 0.4) is 0 Å². The Kier molecular flexibility index (Phi) is 2.60. The zero-order valence-electron chi connectivity index (χ0n) is 7.50. The Morgan fingerprint density at radius 2 is 2.00 bits per heavy atom. The molecule has 0 saturated carbocycles. The summed E-state index contributed by atoms with van der Waals surface area (Å²) >= 11 is 0. The minimum atomic E-state index is -0.158. The largest absolute Gasteiger partial charge is 0.373 e. The first-order valence-corrected chi connectivity index (χ1v) is 4.70. The van der Waals surface area contributed by atoms with Gasteiger partial charge in [-0.25, -0.2) is 4.39 Å². The van der Waals surface area contributed by atoms with Crippen LogP contribution in [0.2, 0.25) is 0 Å². The first-order chi connectivity index (χ1) is 6.34. The minimum absolute atomic E-state index is 0.158. The third kappa shape index (κ3) is 2.81. The molecule has 0 spiro atoms. The second-order valence-electron chi connectivity index (χ2n) is 3.47. The van der Waals surface area contributed by atoms with E-state index in [1.54, 1.807) is 0 Å². The second-order valence-corrected chi connectivity index (χ2v) is 3.47. The van der Waals surface area contributed by atoms with E-state index in [0.29, 0.717) is 6.10 Å². The van der Waals surface area contributed by atoms with E-state index in [4.69, 9.17) is 4.74 Å². The van der Waals surface area contributed by atoms with Gasteiger partial charge in [-0.3, -0.25) is 0 Å². The van der Waals surface area contributed by atoms with Gasteiger partial charge in [0.2, 0.25) is 0 Å². The Balaban J connectivity index is 1.76. The van der Waals surface area contributed by atoms with Crippen molar-refractivity contribution in [2.75, 3.05) is 6.61 Å². The van der Waals surface area contributed by atoms with Gasteiger partial charge in [0.05, 0.1) is 12.7 Å². The van der Waals surface area contributed by atoms with Gasteiger partial charge >= 0.3 is 0 Å². The van der Waals surface area contributed by atoms with Crippen LogP contribution >= 0.6 is 0 Å². The Morgan fingerprint density at radius 1 is 1.31 bits per heavy atom. The van der Waals surface area contributed by atoms with Crippen LogP contribution in [0, 0.1) is 5.82 Å². The lowest BCUT2D eigenvalue weighted by molar-refractivity contribution is 0.392. The van der Waals surface area contributed by atoms with Crippen molar-refractivity contribution in [3.05, 3.63) is 35.6 Å². The molecule has 1 aliphatic rings. The number of benzene rings is 1. The number of hydrogen-bond acceptors (Lipinski definition) is 1. The standard InChI is InChI=1S/C11H13FO/c12-10-6-4-9(5-7-10)2-1-3-11-8-13-11/h4-7,11H,1-3,8H2. The lowest BCUT2D eigenvalue weighted by atomic mass is 10.1. The van der Waals surface area contributed by atoms with Gasteiger partial charge in [-0.05, 0) is 37.0 Å². The fourth-order valence-corrected chi connectivity index (χ4v) is 1.42. The molecule has 2 rings (SSSR count). The molecular formula is C11H13FO. The summed E-state index contributed by atoms with van der Waals surface area (Å²) in [6.45, 7) is 0.934. The summed E-state index contributed by atoms with van der Waals surface area (Å²) in [5.41, 5.74) is 1.21. The lowest BCUT2D eigenvalue weighted by Crippen LogP contribution is -1.90. The van der Waals surface area contributed by atoms with E-state index in [1.165, 1.54) is 17.7 Å². The van der Waals surface area contributed by atoms with E-state index >= 15 is 0 Å². The number of hydrogen-bond donors (Lipinski definition) is 0. The van der Waals surface area contributed by atoms with Crippen molar-refractivity contribution in [2.24, 2.45) is 0 Å². The van der Waals surface area contributed by atoms with Gasteiger partial charge in [0.25, 0.3) is 0 Å². The molecule has 1 saturated heterocycles. The molecule has 0 amide bonds. The molecule has 0 N–H and O–H groups in total. The molecule has 1 atom stereocenters. The molecule has 1 unspecified atom stereocenters. The maximum Gasteiger partial charge on any atom is 0.123 e. The van der Waals surface area contributed by atoms with Crippen LogP contribution in [0.4, 0.5) is 4.39 Å². The quantitative estimate of drug-likeness (QED) is 0.649. The van der Waals surface area contributed by atoms with Gasteiger partial charge in [-0.1, -0.05) is 12.1 Å². The maximum absolute atomic E-state index is 12.5. The Hall–Kier alpha value is -0.890. The average molecular weight is 180 g/mol. The van der Waals surface area contributed by atoms with E-state index < -0.39 is 0 Å². The van der Waals surface area contributed by atoms with E-state index in [2.05, 4.69) is 0 Å². The molecular weight excluding hydrogens is 167 g/mol. The normalized spacial score (nSPS) is 20.2. The molecule has 1 heterocycles. The molecule has 0 aliphatic carbocycles. The molecule has 0 radical (unpaired) electrons. The third-order valence-corrected chi connectivity index (χ3v) is 2.31. The van der Waals surface area contributed by atoms with E-state index in [1.807, 2.05) is 12.1 Å². The van der Waals surface area contributed by atoms with Gasteiger partial charge in [0.15, 0.2) is 0 Å². The highest BCUT2D eigenvalue weighted by molar-refractivity contribution is 5.15. The van der Waals surface area contributed by atoms with E-state index in [0.717, 1.165) is 25.9 Å². The molecule has 13 heavy (non-hydrogen) atoms. The van der Waals surface area contributed by atoms with Crippen LogP contribution in [0.15, 0.2) is 24.3 Å². The molecule has 1 fully saturated rings. The maximum atomic E-state index is 12.5. The molecule has 0 aromatic heterocycles. The average Bonchev–Trinajstić information content (AvgIpc) is 2.92. The van der Waals surface area contributed by atoms with Crippen LogP contribution in [-0.2, 0) is 11.2 Å². The second kappa shape index (κ2) is 3.88. The first-order valence-electron chi connectivity index (χ1n) is 4.70. The number of rotatable bonds is 4. The van der Waals surface area contributed by atoms with Gasteiger partial charge < -0.3 is 4.74 Å². The fourth-order valence-electron chi connectivity index (χ4n) is 1.42. The van der Waals surface area contributed by atoms with Crippen molar-refractivity contribution < 1.29 is 9.13 Å². The molecule has 1 aliphatic heterocycles. The summed E-state index contributed by atoms with van der Waals surface area (Å²) in [5.74, 6) is -0.158. The molecule has 2 heteroatoms. The minimum Gasteiger partial charge on any atom is -0.373 e. The highest BCUT2D eigenvalue weighted by atomic mass is 19.1. The summed E-state index contributed by atoms with van der Waals surface area (Å²) in [7, 11) is 0. The third-order valence-electron chi connectivity index (χ3n) is 2.31. The molecule has 0 bridgehead atoms. The lowest BCUT2D eigenvalue weighted by Gasteiger charge is -1.99. The predicted octanol–water partition coefficient (Wildman–Crippen LogP) is 2.55. The highest BCUT2D eigenvalue weighted by Gasteiger charge is 2.20. The van der Waals surface area contributed by atoms with Crippen molar-refractivity contribution >= 4 is 0 Å². The van der Waals surface area contributed by atoms with Crippen LogP contribution in [0.25, 0.3) is 0 Å². The SMILES string of the molecule is Fc1ccc(CCCC2CO2)cc1. The van der Waals surface area contributed by atoms with Crippen molar-refractivity contribution in [1.82, 2.24) is 0 Å². The van der Waals surface area contributed by atoms with Crippen LogP contribution in [-0.4, -0.2) is 12.7 Å². The zero-order valence-corrected chi connectivity index (χ0v) is 7.50. The number of epoxide rings is 1. The number of halogens is 1. The Bertz CT molecular complexity index is 264. The Morgan fingerprint density at radius 3 is 2.62 bits per heavy atom. The van der Waals surface area contributed by atoms with Gasteiger partial charge in [0.1, 0.15) is 5.82 Å². The summed E-state index contributed by atoms with van der Waals surface area (Å²) in [6.07, 6.45) is 3.81. The summed E-state index contributed by atoms with van der Waals surface area (Å²) in [5, 5.41) is 0. The highest BCUT2D eigenvalue weighted by Crippen LogP contribution is 2.17. The van der Waals surface area contributed by atoms with Crippen LogP contribution in [0.5, 0.6) is 0 Å². The van der Waals surface area contributed by atoms with Gasteiger partial charge in [-0.2, -0.15) is 0 Å². The predicted molar refractivity (Wildman–Crippen MR) is 49.1 cm³/mol.